The van der Waals surface area contributed by atoms with Crippen LogP contribution in [0.4, 0.5) is 0 Å². The number of carbonyl (C=O) groups is 1. The number of carbonyl (C=O) groups excluding carboxylic acids is 1. The zero-order valence-corrected chi connectivity index (χ0v) is 17.2. The second kappa shape index (κ2) is 8.71. The molecular formula is C20H31N3O3S. The molecule has 0 saturated carbocycles. The summed E-state index contributed by atoms with van der Waals surface area (Å²) in [7, 11) is -3.35. The fourth-order valence-electron chi connectivity index (χ4n) is 4.06. The minimum absolute atomic E-state index is 0.0164. The summed E-state index contributed by atoms with van der Waals surface area (Å²) in [5.41, 5.74) is 2.55. The second-order valence-corrected chi connectivity index (χ2v) is 9.76. The summed E-state index contributed by atoms with van der Waals surface area (Å²) in [5, 5.41) is 0. The van der Waals surface area contributed by atoms with Crippen LogP contribution in [0.15, 0.2) is 24.3 Å². The van der Waals surface area contributed by atoms with E-state index in [2.05, 4.69) is 36.1 Å². The summed E-state index contributed by atoms with van der Waals surface area (Å²) in [6.07, 6.45) is 4.51. The Balaban J connectivity index is 1.61. The third-order valence-corrected chi connectivity index (χ3v) is 6.88. The Labute approximate surface area is 163 Å². The molecule has 6 nitrogen and oxygen atoms in total. The summed E-state index contributed by atoms with van der Waals surface area (Å²) in [4.78, 5) is 17.3. The molecule has 2 heterocycles. The normalized spacial score (nSPS) is 23.2. The molecule has 0 spiro atoms. The van der Waals surface area contributed by atoms with Crippen LogP contribution < -0.4 is 0 Å². The maximum atomic E-state index is 13.1. The Morgan fingerprint density at radius 2 is 1.74 bits per heavy atom. The van der Waals surface area contributed by atoms with E-state index >= 15 is 0 Å². The van der Waals surface area contributed by atoms with Gasteiger partial charge in [0.2, 0.25) is 15.9 Å². The zero-order chi connectivity index (χ0) is 19.4. The van der Waals surface area contributed by atoms with Crippen LogP contribution in [0.1, 0.15) is 36.8 Å². The first kappa shape index (κ1) is 20.3. The Morgan fingerprint density at radius 3 is 2.44 bits per heavy atom. The molecule has 1 unspecified atom stereocenters. The van der Waals surface area contributed by atoms with Crippen molar-refractivity contribution < 1.29 is 13.2 Å². The minimum Gasteiger partial charge on any atom is -0.340 e. The van der Waals surface area contributed by atoms with Gasteiger partial charge in [0.05, 0.1) is 6.26 Å². The first-order valence-corrected chi connectivity index (χ1v) is 11.7. The van der Waals surface area contributed by atoms with Crippen molar-refractivity contribution >= 4 is 15.9 Å². The second-order valence-electron chi connectivity index (χ2n) is 7.83. The quantitative estimate of drug-likeness (QED) is 0.783. The highest BCUT2D eigenvalue weighted by Gasteiger charge is 2.37. The SMILES string of the molecule is Cc1ccc(CN2CCCN(C(=O)C3CCCCN3S(C)(=O)=O)CC2)cc1. The van der Waals surface area contributed by atoms with Crippen LogP contribution in [0.2, 0.25) is 0 Å². The zero-order valence-electron chi connectivity index (χ0n) is 16.4. The van der Waals surface area contributed by atoms with E-state index in [0.29, 0.717) is 26.1 Å². The number of hydrogen-bond donors (Lipinski definition) is 0. The summed E-state index contributed by atoms with van der Waals surface area (Å²) in [6, 6.07) is 8.07. The molecule has 0 aromatic heterocycles. The van der Waals surface area contributed by atoms with Crippen molar-refractivity contribution in [3.8, 4) is 0 Å². The highest BCUT2D eigenvalue weighted by molar-refractivity contribution is 7.88. The maximum Gasteiger partial charge on any atom is 0.241 e. The highest BCUT2D eigenvalue weighted by Crippen LogP contribution is 2.22. The van der Waals surface area contributed by atoms with E-state index in [0.717, 1.165) is 38.9 Å². The molecule has 2 aliphatic heterocycles. The smallest absolute Gasteiger partial charge is 0.241 e. The number of hydrogen-bond acceptors (Lipinski definition) is 4. The third kappa shape index (κ3) is 5.30. The van der Waals surface area contributed by atoms with E-state index < -0.39 is 16.1 Å². The fraction of sp³-hybridized carbons (Fsp3) is 0.650. The number of nitrogens with zero attached hydrogens (tertiary/aromatic N) is 3. The predicted octanol–water partition coefficient (Wildman–Crippen LogP) is 1.84. The average Bonchev–Trinajstić information content (AvgIpc) is 2.88. The van der Waals surface area contributed by atoms with Crippen molar-refractivity contribution in [1.29, 1.82) is 0 Å². The topological polar surface area (TPSA) is 60.9 Å². The van der Waals surface area contributed by atoms with Gasteiger partial charge in [-0.1, -0.05) is 36.2 Å². The molecular weight excluding hydrogens is 362 g/mol. The van der Waals surface area contributed by atoms with Gasteiger partial charge in [0.15, 0.2) is 0 Å². The summed E-state index contributed by atoms with van der Waals surface area (Å²) in [6.45, 7) is 6.59. The lowest BCUT2D eigenvalue weighted by molar-refractivity contribution is -0.136. The van der Waals surface area contributed by atoms with Gasteiger partial charge in [0.25, 0.3) is 0 Å². The van der Waals surface area contributed by atoms with E-state index in [1.165, 1.54) is 21.7 Å². The lowest BCUT2D eigenvalue weighted by atomic mass is 10.0. The molecule has 0 radical (unpaired) electrons. The summed E-state index contributed by atoms with van der Waals surface area (Å²) < 4.78 is 25.6. The Hall–Kier alpha value is -1.44. The van der Waals surface area contributed by atoms with Crippen LogP contribution in [-0.2, 0) is 21.4 Å². The van der Waals surface area contributed by atoms with Crippen molar-refractivity contribution in [1.82, 2.24) is 14.1 Å². The van der Waals surface area contributed by atoms with Gasteiger partial charge in [0, 0.05) is 39.3 Å². The number of benzene rings is 1. The molecule has 150 valence electrons. The highest BCUT2D eigenvalue weighted by atomic mass is 32.2. The molecule has 2 saturated heterocycles. The van der Waals surface area contributed by atoms with Crippen LogP contribution in [0, 0.1) is 6.92 Å². The van der Waals surface area contributed by atoms with Gasteiger partial charge < -0.3 is 4.90 Å². The van der Waals surface area contributed by atoms with Crippen molar-refractivity contribution in [2.45, 2.75) is 45.2 Å². The Bertz CT molecular complexity index is 748. The van der Waals surface area contributed by atoms with Crippen LogP contribution in [0.5, 0.6) is 0 Å². The Kier molecular flexibility index (Phi) is 6.55. The van der Waals surface area contributed by atoms with Gasteiger partial charge in [-0.15, -0.1) is 0 Å². The average molecular weight is 394 g/mol. The van der Waals surface area contributed by atoms with Crippen molar-refractivity contribution in [3.63, 3.8) is 0 Å². The lowest BCUT2D eigenvalue weighted by Gasteiger charge is -2.35. The molecule has 0 aliphatic carbocycles. The van der Waals surface area contributed by atoms with Crippen LogP contribution in [-0.4, -0.2) is 73.5 Å². The van der Waals surface area contributed by atoms with E-state index in [9.17, 15) is 13.2 Å². The summed E-state index contributed by atoms with van der Waals surface area (Å²) >= 11 is 0. The molecule has 2 aliphatic rings. The van der Waals surface area contributed by atoms with E-state index in [-0.39, 0.29) is 5.91 Å². The molecule has 0 N–H and O–H groups in total. The first-order chi connectivity index (χ1) is 12.8. The van der Waals surface area contributed by atoms with Gasteiger partial charge in [-0.25, -0.2) is 8.42 Å². The number of sulfonamides is 1. The predicted molar refractivity (Wildman–Crippen MR) is 107 cm³/mol. The van der Waals surface area contributed by atoms with Gasteiger partial charge in [-0.05, 0) is 31.7 Å². The molecule has 1 atom stereocenters. The van der Waals surface area contributed by atoms with E-state index in [4.69, 9.17) is 0 Å². The monoisotopic (exact) mass is 393 g/mol. The van der Waals surface area contributed by atoms with Crippen molar-refractivity contribution in [2.24, 2.45) is 0 Å². The summed E-state index contributed by atoms with van der Waals surface area (Å²) in [5.74, 6) is -0.0164. The first-order valence-electron chi connectivity index (χ1n) is 9.88. The molecule has 1 aromatic rings. The van der Waals surface area contributed by atoms with E-state index in [1.54, 1.807) is 0 Å². The lowest BCUT2D eigenvalue weighted by Crippen LogP contribution is -2.53. The molecule has 3 rings (SSSR count). The largest absolute Gasteiger partial charge is 0.340 e. The number of piperidine rings is 1. The molecule has 1 amide bonds. The van der Waals surface area contributed by atoms with Gasteiger partial charge in [-0.3, -0.25) is 9.69 Å². The minimum atomic E-state index is -3.35. The van der Waals surface area contributed by atoms with Crippen molar-refractivity contribution in [2.75, 3.05) is 39.0 Å². The third-order valence-electron chi connectivity index (χ3n) is 5.59. The fourth-order valence-corrected chi connectivity index (χ4v) is 5.18. The van der Waals surface area contributed by atoms with Gasteiger partial charge >= 0.3 is 0 Å². The number of rotatable bonds is 4. The molecule has 27 heavy (non-hydrogen) atoms. The molecule has 2 fully saturated rings. The standard InChI is InChI=1S/C20H31N3O3S/c1-17-7-9-18(10-8-17)16-21-11-5-12-22(15-14-21)20(24)19-6-3-4-13-23(19)27(2,25)26/h7-10,19H,3-6,11-16H2,1-2H3. The van der Waals surface area contributed by atoms with E-state index in [1.807, 2.05) is 4.90 Å². The van der Waals surface area contributed by atoms with Crippen LogP contribution >= 0.6 is 0 Å². The maximum absolute atomic E-state index is 13.1. The van der Waals surface area contributed by atoms with Crippen LogP contribution in [0.25, 0.3) is 0 Å². The van der Waals surface area contributed by atoms with Gasteiger partial charge in [0.1, 0.15) is 6.04 Å². The number of aryl methyl sites for hydroxylation is 1. The van der Waals surface area contributed by atoms with Crippen LogP contribution in [0.3, 0.4) is 0 Å². The molecule has 0 bridgehead atoms. The molecule has 7 heteroatoms. The molecule has 1 aromatic carbocycles. The van der Waals surface area contributed by atoms with Gasteiger partial charge in [-0.2, -0.15) is 4.31 Å². The Morgan fingerprint density at radius 1 is 1.00 bits per heavy atom. The van der Waals surface area contributed by atoms with Crippen molar-refractivity contribution in [3.05, 3.63) is 35.4 Å². The number of amides is 1.